The molecule has 0 radical (unpaired) electrons. The van der Waals surface area contributed by atoms with Gasteiger partial charge in [-0.05, 0) is 0 Å². The molecular weight excluding hydrogens is 196 g/mol. The molecule has 0 aliphatic rings. The number of unbranched alkanes of at least 4 members (excludes halogenated alkanes) is 3. The highest BCUT2D eigenvalue weighted by atomic mass is 28.3. The Hall–Kier alpha value is 0.217. The Morgan fingerprint density at radius 3 is 1.73 bits per heavy atom. The summed E-state index contributed by atoms with van der Waals surface area (Å²) in [7, 11) is -0.465. The Bertz CT molecular complexity index is 123. The molecular formula is C14H32Si. The summed E-state index contributed by atoms with van der Waals surface area (Å²) in [5, 5.41) is 0. The van der Waals surface area contributed by atoms with Gasteiger partial charge in [-0.1, -0.05) is 90.3 Å². The molecule has 0 aromatic rings. The summed E-state index contributed by atoms with van der Waals surface area (Å²) in [6.07, 6.45) is 8.64. The van der Waals surface area contributed by atoms with E-state index >= 15 is 0 Å². The van der Waals surface area contributed by atoms with Gasteiger partial charge in [-0.15, -0.1) is 0 Å². The van der Waals surface area contributed by atoms with Crippen LogP contribution in [0.5, 0.6) is 0 Å². The molecule has 0 bridgehead atoms. The molecule has 92 valence electrons. The smallest absolute Gasteiger partial charge is 0.0424 e. The monoisotopic (exact) mass is 228 g/mol. The molecule has 1 heteroatoms. The average molecular weight is 228 g/mol. The number of hydrogen-bond donors (Lipinski definition) is 0. The fourth-order valence-electron chi connectivity index (χ4n) is 2.54. The van der Waals surface area contributed by atoms with Crippen LogP contribution >= 0.6 is 0 Å². The lowest BCUT2D eigenvalue weighted by Gasteiger charge is -2.27. The predicted octanol–water partition coefficient (Wildman–Crippen LogP) is 5.39. The van der Waals surface area contributed by atoms with Crippen LogP contribution in [0.1, 0.15) is 73.1 Å². The second-order valence-electron chi connectivity index (χ2n) is 5.28. The topological polar surface area (TPSA) is 0 Å². The van der Waals surface area contributed by atoms with Gasteiger partial charge in [0.05, 0.1) is 0 Å². The van der Waals surface area contributed by atoms with Gasteiger partial charge < -0.3 is 0 Å². The van der Waals surface area contributed by atoms with E-state index < -0.39 is 8.80 Å². The van der Waals surface area contributed by atoms with Crippen molar-refractivity contribution >= 4 is 8.80 Å². The summed E-state index contributed by atoms with van der Waals surface area (Å²) < 4.78 is 0. The highest BCUT2D eigenvalue weighted by molar-refractivity contribution is 6.61. The minimum atomic E-state index is -0.465. The summed E-state index contributed by atoms with van der Waals surface area (Å²) in [6.45, 7) is 12.1. The molecule has 0 fully saturated rings. The Labute approximate surface area is 99.5 Å². The van der Waals surface area contributed by atoms with Crippen molar-refractivity contribution < 1.29 is 0 Å². The van der Waals surface area contributed by atoms with Gasteiger partial charge in [-0.2, -0.15) is 0 Å². The van der Waals surface area contributed by atoms with Gasteiger partial charge in [-0.25, -0.2) is 0 Å². The maximum absolute atomic E-state index is 2.50. The van der Waals surface area contributed by atoms with Gasteiger partial charge in [0.1, 0.15) is 0 Å². The SMILES string of the molecule is CCCCCC[SiH](C(C)CC)C(C)CC. The molecule has 0 heterocycles. The van der Waals surface area contributed by atoms with Crippen LogP contribution in [0.25, 0.3) is 0 Å². The van der Waals surface area contributed by atoms with Gasteiger partial charge >= 0.3 is 0 Å². The van der Waals surface area contributed by atoms with Gasteiger partial charge in [-0.3, -0.25) is 0 Å². The molecule has 0 aromatic heterocycles. The summed E-state index contributed by atoms with van der Waals surface area (Å²) >= 11 is 0. The van der Waals surface area contributed by atoms with Crippen LogP contribution in [0.2, 0.25) is 17.1 Å². The first kappa shape index (κ1) is 15.2. The number of rotatable bonds is 9. The van der Waals surface area contributed by atoms with E-state index in [9.17, 15) is 0 Å². The van der Waals surface area contributed by atoms with E-state index in [0.29, 0.717) is 0 Å². The van der Waals surface area contributed by atoms with Crippen LogP contribution in [0.3, 0.4) is 0 Å². The second-order valence-corrected chi connectivity index (χ2v) is 9.47. The third-order valence-electron chi connectivity index (χ3n) is 4.14. The van der Waals surface area contributed by atoms with Gasteiger partial charge in [0.25, 0.3) is 0 Å². The zero-order chi connectivity index (χ0) is 11.7. The molecule has 0 nitrogen and oxygen atoms in total. The van der Waals surface area contributed by atoms with E-state index in [1.54, 1.807) is 6.04 Å². The van der Waals surface area contributed by atoms with Crippen molar-refractivity contribution in [1.29, 1.82) is 0 Å². The van der Waals surface area contributed by atoms with Crippen molar-refractivity contribution in [3.8, 4) is 0 Å². The Kier molecular flexibility index (Phi) is 9.58. The minimum Gasteiger partial charge on any atom is -0.0654 e. The van der Waals surface area contributed by atoms with Crippen LogP contribution in [0.15, 0.2) is 0 Å². The van der Waals surface area contributed by atoms with Crippen molar-refractivity contribution in [2.75, 3.05) is 0 Å². The van der Waals surface area contributed by atoms with E-state index in [0.717, 1.165) is 11.1 Å². The lowest BCUT2D eigenvalue weighted by Crippen LogP contribution is -2.23. The molecule has 15 heavy (non-hydrogen) atoms. The van der Waals surface area contributed by atoms with Crippen LogP contribution in [-0.4, -0.2) is 8.80 Å². The zero-order valence-corrected chi connectivity index (χ0v) is 12.8. The van der Waals surface area contributed by atoms with E-state index in [1.807, 2.05) is 0 Å². The van der Waals surface area contributed by atoms with Crippen LogP contribution in [0.4, 0.5) is 0 Å². The zero-order valence-electron chi connectivity index (χ0n) is 11.7. The van der Waals surface area contributed by atoms with Crippen molar-refractivity contribution in [2.45, 2.75) is 90.3 Å². The molecule has 0 aliphatic carbocycles. The van der Waals surface area contributed by atoms with E-state index in [-0.39, 0.29) is 0 Å². The standard InChI is InChI=1S/C14H32Si/c1-6-9-10-11-12-15(13(4)7-2)14(5)8-3/h13-15H,6-12H2,1-5H3. The van der Waals surface area contributed by atoms with Crippen molar-refractivity contribution in [2.24, 2.45) is 0 Å². The molecule has 0 N–H and O–H groups in total. The molecule has 0 aromatic carbocycles. The fourth-order valence-corrected chi connectivity index (χ4v) is 6.77. The lowest BCUT2D eigenvalue weighted by atomic mass is 10.2. The third kappa shape index (κ3) is 6.39. The minimum absolute atomic E-state index is 0.465. The Morgan fingerprint density at radius 1 is 0.800 bits per heavy atom. The highest BCUT2D eigenvalue weighted by Crippen LogP contribution is 2.30. The molecule has 0 saturated heterocycles. The average Bonchev–Trinajstić information content (AvgIpc) is 2.27. The molecule has 2 atom stereocenters. The quantitative estimate of drug-likeness (QED) is 0.366. The highest BCUT2D eigenvalue weighted by Gasteiger charge is 2.22. The van der Waals surface area contributed by atoms with Crippen LogP contribution in [-0.2, 0) is 0 Å². The van der Waals surface area contributed by atoms with Crippen molar-refractivity contribution in [3.05, 3.63) is 0 Å². The Balaban J connectivity index is 3.90. The van der Waals surface area contributed by atoms with Crippen molar-refractivity contribution in [3.63, 3.8) is 0 Å². The van der Waals surface area contributed by atoms with Crippen LogP contribution in [0, 0.1) is 0 Å². The first-order valence-corrected chi connectivity index (χ1v) is 9.32. The third-order valence-corrected chi connectivity index (χ3v) is 9.08. The van der Waals surface area contributed by atoms with E-state index in [4.69, 9.17) is 0 Å². The summed E-state index contributed by atoms with van der Waals surface area (Å²) in [4.78, 5) is 0. The summed E-state index contributed by atoms with van der Waals surface area (Å²) in [5.41, 5.74) is 2.11. The molecule has 2 unspecified atom stereocenters. The maximum Gasteiger partial charge on any atom is 0.0424 e. The molecule has 0 rings (SSSR count). The first-order chi connectivity index (χ1) is 7.17. The Morgan fingerprint density at radius 2 is 1.33 bits per heavy atom. The summed E-state index contributed by atoms with van der Waals surface area (Å²) in [5.74, 6) is 0. The van der Waals surface area contributed by atoms with Gasteiger partial charge in [0, 0.05) is 8.80 Å². The lowest BCUT2D eigenvalue weighted by molar-refractivity contribution is 0.683. The van der Waals surface area contributed by atoms with E-state index in [1.165, 1.54) is 38.5 Å². The molecule has 0 aliphatic heterocycles. The molecule has 0 amide bonds. The second kappa shape index (κ2) is 9.44. The maximum atomic E-state index is 2.50. The molecule has 0 saturated carbocycles. The number of hydrogen-bond acceptors (Lipinski definition) is 0. The van der Waals surface area contributed by atoms with Crippen LogP contribution < -0.4 is 0 Å². The first-order valence-electron chi connectivity index (χ1n) is 7.17. The van der Waals surface area contributed by atoms with Gasteiger partial charge in [0.2, 0.25) is 0 Å². The molecule has 0 spiro atoms. The fraction of sp³-hybridized carbons (Fsp3) is 1.00. The van der Waals surface area contributed by atoms with Crippen molar-refractivity contribution in [1.82, 2.24) is 0 Å². The summed E-state index contributed by atoms with van der Waals surface area (Å²) in [6, 6.07) is 1.60. The largest absolute Gasteiger partial charge is 0.0654 e. The predicted molar refractivity (Wildman–Crippen MR) is 75.5 cm³/mol. The van der Waals surface area contributed by atoms with E-state index in [2.05, 4.69) is 34.6 Å². The van der Waals surface area contributed by atoms with Gasteiger partial charge in [0.15, 0.2) is 0 Å². The normalized spacial score (nSPS) is 17.4.